The van der Waals surface area contributed by atoms with Crippen LogP contribution in [0.2, 0.25) is 5.02 Å². The number of amides is 2. The molecule has 2 rings (SSSR count). The average Bonchev–Trinajstić information content (AvgIpc) is 2.63. The highest BCUT2D eigenvalue weighted by Crippen LogP contribution is 2.16. The number of hydrogen-bond acceptors (Lipinski definition) is 3. The zero-order valence-corrected chi connectivity index (χ0v) is 17.8. The molecule has 1 atom stereocenters. The van der Waals surface area contributed by atoms with Crippen molar-refractivity contribution in [2.24, 2.45) is 0 Å². The monoisotopic (exact) mass is 420 g/mol. The SMILES string of the molecule is C[C@@H](C(=O)NC(C)(C)C)N(Cc1cccc(Cl)c1)C(=O)COc1ccc(F)cc1. The number of hydrogen-bond donors (Lipinski definition) is 1. The number of benzene rings is 2. The summed E-state index contributed by atoms with van der Waals surface area (Å²) in [6, 6.07) is 11.8. The molecule has 0 bridgehead atoms. The molecule has 0 saturated carbocycles. The van der Waals surface area contributed by atoms with Crippen LogP contribution in [0.3, 0.4) is 0 Å². The minimum Gasteiger partial charge on any atom is -0.484 e. The Morgan fingerprint density at radius 2 is 1.83 bits per heavy atom. The van der Waals surface area contributed by atoms with Crippen LogP contribution in [-0.2, 0) is 16.1 Å². The maximum Gasteiger partial charge on any atom is 0.261 e. The van der Waals surface area contributed by atoms with E-state index >= 15 is 0 Å². The lowest BCUT2D eigenvalue weighted by atomic mass is 10.1. The Morgan fingerprint density at radius 1 is 1.17 bits per heavy atom. The molecule has 0 aliphatic rings. The molecule has 7 heteroatoms. The lowest BCUT2D eigenvalue weighted by molar-refractivity contribution is -0.142. The Balaban J connectivity index is 2.16. The molecule has 0 radical (unpaired) electrons. The topological polar surface area (TPSA) is 58.6 Å². The van der Waals surface area contributed by atoms with Gasteiger partial charge >= 0.3 is 0 Å². The summed E-state index contributed by atoms with van der Waals surface area (Å²) >= 11 is 6.05. The van der Waals surface area contributed by atoms with E-state index in [4.69, 9.17) is 16.3 Å². The fourth-order valence-corrected chi connectivity index (χ4v) is 2.86. The summed E-state index contributed by atoms with van der Waals surface area (Å²) in [5.41, 5.74) is 0.365. The predicted molar refractivity (Wildman–Crippen MR) is 111 cm³/mol. The maximum atomic E-state index is 13.0. The van der Waals surface area contributed by atoms with Crippen LogP contribution in [0.4, 0.5) is 4.39 Å². The quantitative estimate of drug-likeness (QED) is 0.730. The first-order valence-corrected chi connectivity index (χ1v) is 9.67. The van der Waals surface area contributed by atoms with Gasteiger partial charge in [-0.1, -0.05) is 23.7 Å². The second-order valence-corrected chi connectivity index (χ2v) is 8.25. The van der Waals surface area contributed by atoms with Crippen LogP contribution in [-0.4, -0.2) is 34.9 Å². The third-order valence-electron chi connectivity index (χ3n) is 4.08. The molecule has 0 aliphatic carbocycles. The first-order chi connectivity index (χ1) is 13.5. The van der Waals surface area contributed by atoms with E-state index in [1.54, 1.807) is 25.1 Å². The number of carbonyl (C=O) groups is 2. The zero-order valence-electron chi connectivity index (χ0n) is 17.0. The van der Waals surface area contributed by atoms with Crippen molar-refractivity contribution in [1.29, 1.82) is 0 Å². The van der Waals surface area contributed by atoms with Gasteiger partial charge in [-0.15, -0.1) is 0 Å². The van der Waals surface area contributed by atoms with Gasteiger partial charge < -0.3 is 15.0 Å². The molecule has 0 aromatic heterocycles. The lowest BCUT2D eigenvalue weighted by Gasteiger charge is -2.31. The molecule has 2 aromatic carbocycles. The van der Waals surface area contributed by atoms with E-state index < -0.39 is 17.4 Å². The van der Waals surface area contributed by atoms with E-state index in [2.05, 4.69) is 5.32 Å². The third kappa shape index (κ3) is 7.38. The molecule has 156 valence electrons. The molecule has 0 aliphatic heterocycles. The van der Waals surface area contributed by atoms with Crippen LogP contribution in [0.15, 0.2) is 48.5 Å². The summed E-state index contributed by atoms with van der Waals surface area (Å²) in [5, 5.41) is 3.44. The number of carbonyl (C=O) groups excluding carboxylic acids is 2. The van der Waals surface area contributed by atoms with Crippen LogP contribution in [0.1, 0.15) is 33.3 Å². The minimum atomic E-state index is -0.725. The van der Waals surface area contributed by atoms with Crippen molar-refractivity contribution < 1.29 is 18.7 Å². The number of nitrogens with zero attached hydrogens (tertiary/aromatic N) is 1. The van der Waals surface area contributed by atoms with E-state index in [1.807, 2.05) is 26.8 Å². The highest BCUT2D eigenvalue weighted by molar-refractivity contribution is 6.30. The highest BCUT2D eigenvalue weighted by Gasteiger charge is 2.28. The van der Waals surface area contributed by atoms with Crippen molar-refractivity contribution in [1.82, 2.24) is 10.2 Å². The Labute approximate surface area is 175 Å². The summed E-state index contributed by atoms with van der Waals surface area (Å²) in [6.45, 7) is 7.21. The van der Waals surface area contributed by atoms with Crippen LogP contribution in [0.5, 0.6) is 5.75 Å². The number of nitrogens with one attached hydrogen (secondary N) is 1. The van der Waals surface area contributed by atoms with Gasteiger partial charge in [0, 0.05) is 17.1 Å². The van der Waals surface area contributed by atoms with Crippen molar-refractivity contribution in [2.45, 2.75) is 45.8 Å². The Kier molecular flexibility index (Phi) is 7.62. The summed E-state index contributed by atoms with van der Waals surface area (Å²) in [5.74, 6) is -0.659. The molecule has 29 heavy (non-hydrogen) atoms. The van der Waals surface area contributed by atoms with Gasteiger partial charge in [0.2, 0.25) is 5.91 Å². The van der Waals surface area contributed by atoms with Crippen molar-refractivity contribution in [3.05, 3.63) is 64.9 Å². The lowest BCUT2D eigenvalue weighted by Crippen LogP contribution is -2.53. The van der Waals surface area contributed by atoms with Crippen molar-refractivity contribution in [3.8, 4) is 5.75 Å². The van der Waals surface area contributed by atoms with Crippen LogP contribution in [0.25, 0.3) is 0 Å². The standard InChI is InChI=1S/C22H26ClFN2O3/c1-15(21(28)25-22(2,3)4)26(13-16-6-5-7-17(23)12-16)20(27)14-29-19-10-8-18(24)9-11-19/h5-12,15H,13-14H2,1-4H3,(H,25,28)/t15-/m0/s1. The van der Waals surface area contributed by atoms with Gasteiger partial charge in [-0.3, -0.25) is 9.59 Å². The molecule has 5 nitrogen and oxygen atoms in total. The van der Waals surface area contributed by atoms with Gasteiger partial charge in [0.05, 0.1) is 0 Å². The molecule has 2 aromatic rings. The molecule has 2 amide bonds. The first kappa shape index (κ1) is 22.7. The van der Waals surface area contributed by atoms with Crippen LogP contribution >= 0.6 is 11.6 Å². The van der Waals surface area contributed by atoms with Gasteiger partial charge in [-0.25, -0.2) is 4.39 Å². The third-order valence-corrected chi connectivity index (χ3v) is 4.32. The highest BCUT2D eigenvalue weighted by atomic mass is 35.5. The predicted octanol–water partition coefficient (Wildman–Crippen LogP) is 4.19. The maximum absolute atomic E-state index is 13.0. The Morgan fingerprint density at radius 3 is 2.41 bits per heavy atom. The van der Waals surface area contributed by atoms with Crippen molar-refractivity contribution >= 4 is 23.4 Å². The fraction of sp³-hybridized carbons (Fsp3) is 0.364. The smallest absolute Gasteiger partial charge is 0.261 e. The number of ether oxygens (including phenoxy) is 1. The van der Waals surface area contributed by atoms with E-state index in [1.165, 1.54) is 29.2 Å². The molecule has 0 fully saturated rings. The second kappa shape index (κ2) is 9.74. The number of rotatable bonds is 7. The van der Waals surface area contributed by atoms with Crippen LogP contribution < -0.4 is 10.1 Å². The minimum absolute atomic E-state index is 0.199. The Hall–Kier alpha value is -2.60. The summed E-state index contributed by atoms with van der Waals surface area (Å²) in [4.78, 5) is 27.0. The number of halogens is 2. The molecular formula is C22H26ClFN2O3. The first-order valence-electron chi connectivity index (χ1n) is 9.29. The largest absolute Gasteiger partial charge is 0.484 e. The molecule has 0 heterocycles. The van der Waals surface area contributed by atoms with E-state index in [-0.39, 0.29) is 25.0 Å². The molecule has 0 spiro atoms. The molecular weight excluding hydrogens is 395 g/mol. The summed E-state index contributed by atoms with van der Waals surface area (Å²) in [6.07, 6.45) is 0. The Bertz CT molecular complexity index is 850. The normalized spacial score (nSPS) is 12.2. The van der Waals surface area contributed by atoms with Crippen molar-refractivity contribution in [2.75, 3.05) is 6.61 Å². The average molecular weight is 421 g/mol. The van der Waals surface area contributed by atoms with E-state index in [0.717, 1.165) is 5.56 Å². The van der Waals surface area contributed by atoms with Gasteiger partial charge in [0.25, 0.3) is 5.91 Å². The van der Waals surface area contributed by atoms with Gasteiger partial charge in [-0.05, 0) is 69.7 Å². The molecule has 0 saturated heterocycles. The van der Waals surface area contributed by atoms with Gasteiger partial charge in [0.1, 0.15) is 17.6 Å². The molecule has 1 N–H and O–H groups in total. The van der Waals surface area contributed by atoms with Gasteiger partial charge in [-0.2, -0.15) is 0 Å². The second-order valence-electron chi connectivity index (χ2n) is 7.81. The van der Waals surface area contributed by atoms with Gasteiger partial charge in [0.15, 0.2) is 6.61 Å². The zero-order chi connectivity index (χ0) is 21.6. The van der Waals surface area contributed by atoms with E-state index in [9.17, 15) is 14.0 Å². The summed E-state index contributed by atoms with van der Waals surface area (Å²) < 4.78 is 18.5. The molecule has 0 unspecified atom stereocenters. The van der Waals surface area contributed by atoms with Crippen LogP contribution in [0, 0.1) is 5.82 Å². The van der Waals surface area contributed by atoms with E-state index in [0.29, 0.717) is 10.8 Å². The summed E-state index contributed by atoms with van der Waals surface area (Å²) in [7, 11) is 0. The fourth-order valence-electron chi connectivity index (χ4n) is 2.65. The van der Waals surface area contributed by atoms with Crippen molar-refractivity contribution in [3.63, 3.8) is 0 Å².